The number of benzene rings is 2. The molecule has 1 atom stereocenters. The Kier molecular flexibility index (Phi) is 7.03. The van der Waals surface area contributed by atoms with Gasteiger partial charge in [0.25, 0.3) is 0 Å². The van der Waals surface area contributed by atoms with E-state index < -0.39 is 0 Å². The molecule has 24 heavy (non-hydrogen) atoms. The fraction of sp³-hybridized carbons (Fsp3) is 0.368. The van der Waals surface area contributed by atoms with Gasteiger partial charge >= 0.3 is 0 Å². The third-order valence-corrected chi connectivity index (χ3v) is 3.87. The van der Waals surface area contributed by atoms with Crippen molar-refractivity contribution in [2.45, 2.75) is 32.5 Å². The Morgan fingerprint density at radius 1 is 1.17 bits per heavy atom. The van der Waals surface area contributed by atoms with E-state index in [2.05, 4.69) is 5.32 Å². The van der Waals surface area contributed by atoms with Crippen molar-refractivity contribution >= 4 is 0 Å². The minimum absolute atomic E-state index is 0.0427. The number of ether oxygens (including phenoxy) is 2. The molecule has 130 valence electrons. The standard InChI is InChI=1S/C19H24FNO3/c1-3-17(12-22)21-11-15-5-4-6-18(23-2)19(15)24-13-14-7-9-16(20)10-8-14/h4-10,17,21-22H,3,11-13H2,1-2H3/t17-/m0/s1. The lowest BCUT2D eigenvalue weighted by Crippen LogP contribution is -2.31. The zero-order valence-corrected chi connectivity index (χ0v) is 14.1. The first-order chi connectivity index (χ1) is 11.7. The molecule has 0 aliphatic rings. The second kappa shape index (κ2) is 9.25. The highest BCUT2D eigenvalue weighted by atomic mass is 19.1. The van der Waals surface area contributed by atoms with Gasteiger partial charge in [-0.05, 0) is 30.2 Å². The average Bonchev–Trinajstić information content (AvgIpc) is 2.62. The van der Waals surface area contributed by atoms with Gasteiger partial charge in [-0.15, -0.1) is 0 Å². The molecule has 0 radical (unpaired) electrons. The van der Waals surface area contributed by atoms with Gasteiger partial charge in [0.05, 0.1) is 13.7 Å². The Morgan fingerprint density at radius 3 is 2.54 bits per heavy atom. The fourth-order valence-electron chi connectivity index (χ4n) is 2.35. The van der Waals surface area contributed by atoms with Crippen LogP contribution in [0.15, 0.2) is 42.5 Å². The molecule has 0 spiro atoms. The van der Waals surface area contributed by atoms with Crippen molar-refractivity contribution < 1.29 is 19.0 Å². The van der Waals surface area contributed by atoms with E-state index in [0.29, 0.717) is 24.7 Å². The summed E-state index contributed by atoms with van der Waals surface area (Å²) in [4.78, 5) is 0. The summed E-state index contributed by atoms with van der Waals surface area (Å²) in [5.41, 5.74) is 1.83. The summed E-state index contributed by atoms with van der Waals surface area (Å²) < 4.78 is 24.3. The second-order valence-electron chi connectivity index (χ2n) is 5.53. The third kappa shape index (κ3) is 4.94. The molecule has 2 N–H and O–H groups in total. The minimum atomic E-state index is -0.268. The summed E-state index contributed by atoms with van der Waals surface area (Å²) in [6.45, 7) is 3.00. The van der Waals surface area contributed by atoms with E-state index in [4.69, 9.17) is 9.47 Å². The summed E-state index contributed by atoms with van der Waals surface area (Å²) >= 11 is 0. The van der Waals surface area contributed by atoms with Gasteiger partial charge in [0.1, 0.15) is 12.4 Å². The van der Waals surface area contributed by atoms with Gasteiger partial charge in [0.15, 0.2) is 11.5 Å². The van der Waals surface area contributed by atoms with Crippen LogP contribution in [0.5, 0.6) is 11.5 Å². The Balaban J connectivity index is 2.12. The van der Waals surface area contributed by atoms with Crippen LogP contribution in [0.1, 0.15) is 24.5 Å². The molecule has 2 aromatic carbocycles. The first-order valence-electron chi connectivity index (χ1n) is 8.05. The molecular weight excluding hydrogens is 309 g/mol. The van der Waals surface area contributed by atoms with Crippen LogP contribution in [-0.2, 0) is 13.2 Å². The summed E-state index contributed by atoms with van der Waals surface area (Å²) in [6, 6.07) is 12.0. The molecule has 0 amide bonds. The van der Waals surface area contributed by atoms with E-state index in [-0.39, 0.29) is 18.5 Å². The number of nitrogens with one attached hydrogen (secondary N) is 1. The monoisotopic (exact) mass is 333 g/mol. The first-order valence-corrected chi connectivity index (χ1v) is 8.05. The quantitative estimate of drug-likeness (QED) is 0.739. The van der Waals surface area contributed by atoms with E-state index in [1.807, 2.05) is 25.1 Å². The number of aliphatic hydroxyl groups is 1. The molecule has 0 saturated carbocycles. The lowest BCUT2D eigenvalue weighted by atomic mass is 10.1. The molecule has 0 heterocycles. The largest absolute Gasteiger partial charge is 0.493 e. The molecular formula is C19H24FNO3. The SMILES string of the molecule is CC[C@@H](CO)NCc1cccc(OC)c1OCc1ccc(F)cc1. The van der Waals surface area contributed by atoms with Gasteiger partial charge in [-0.2, -0.15) is 0 Å². The van der Waals surface area contributed by atoms with E-state index in [1.54, 1.807) is 19.2 Å². The van der Waals surface area contributed by atoms with Crippen LogP contribution in [0, 0.1) is 5.82 Å². The van der Waals surface area contributed by atoms with Crippen molar-refractivity contribution in [1.82, 2.24) is 5.32 Å². The van der Waals surface area contributed by atoms with Gasteiger partial charge in [-0.1, -0.05) is 31.2 Å². The first kappa shape index (κ1) is 18.2. The Hall–Kier alpha value is -2.11. The average molecular weight is 333 g/mol. The Morgan fingerprint density at radius 2 is 1.92 bits per heavy atom. The molecule has 0 aliphatic heterocycles. The Labute approximate surface area is 142 Å². The van der Waals surface area contributed by atoms with Gasteiger partial charge in [0.2, 0.25) is 0 Å². The molecule has 5 heteroatoms. The van der Waals surface area contributed by atoms with E-state index >= 15 is 0 Å². The zero-order valence-electron chi connectivity index (χ0n) is 14.1. The lowest BCUT2D eigenvalue weighted by molar-refractivity contribution is 0.236. The highest BCUT2D eigenvalue weighted by Gasteiger charge is 2.12. The van der Waals surface area contributed by atoms with Crippen LogP contribution in [0.25, 0.3) is 0 Å². The molecule has 2 rings (SSSR count). The number of hydrogen-bond donors (Lipinski definition) is 2. The lowest BCUT2D eigenvalue weighted by Gasteiger charge is -2.18. The minimum Gasteiger partial charge on any atom is -0.493 e. The Bertz CT molecular complexity index is 627. The summed E-state index contributed by atoms with van der Waals surface area (Å²) in [5.74, 6) is 1.04. The number of halogens is 1. The molecule has 0 bridgehead atoms. The maximum absolute atomic E-state index is 13.0. The molecule has 0 fully saturated rings. The predicted molar refractivity (Wildman–Crippen MR) is 91.7 cm³/mol. The van der Waals surface area contributed by atoms with Crippen LogP contribution in [-0.4, -0.2) is 24.9 Å². The zero-order chi connectivity index (χ0) is 17.4. The number of methoxy groups -OCH3 is 1. The molecule has 2 aromatic rings. The number of para-hydroxylation sites is 1. The summed E-state index contributed by atoms with van der Waals surface area (Å²) in [5, 5.41) is 12.6. The topological polar surface area (TPSA) is 50.7 Å². The van der Waals surface area contributed by atoms with Crippen LogP contribution >= 0.6 is 0 Å². The van der Waals surface area contributed by atoms with E-state index in [9.17, 15) is 9.50 Å². The van der Waals surface area contributed by atoms with Crippen molar-refractivity contribution in [2.24, 2.45) is 0 Å². The maximum atomic E-state index is 13.0. The smallest absolute Gasteiger partial charge is 0.166 e. The van der Waals surface area contributed by atoms with Crippen molar-refractivity contribution in [1.29, 1.82) is 0 Å². The number of aliphatic hydroxyl groups excluding tert-OH is 1. The molecule has 4 nitrogen and oxygen atoms in total. The number of hydrogen-bond acceptors (Lipinski definition) is 4. The van der Waals surface area contributed by atoms with Crippen LogP contribution in [0.3, 0.4) is 0 Å². The highest BCUT2D eigenvalue weighted by molar-refractivity contribution is 5.46. The predicted octanol–water partition coefficient (Wildman–Crippen LogP) is 3.27. The molecule has 0 saturated heterocycles. The van der Waals surface area contributed by atoms with Crippen molar-refractivity contribution in [3.8, 4) is 11.5 Å². The van der Waals surface area contributed by atoms with Gasteiger partial charge in [0, 0.05) is 18.2 Å². The maximum Gasteiger partial charge on any atom is 0.166 e. The second-order valence-corrected chi connectivity index (χ2v) is 5.53. The van der Waals surface area contributed by atoms with Crippen LogP contribution < -0.4 is 14.8 Å². The normalized spacial score (nSPS) is 12.0. The highest BCUT2D eigenvalue weighted by Crippen LogP contribution is 2.32. The van der Waals surface area contributed by atoms with E-state index in [0.717, 1.165) is 17.5 Å². The van der Waals surface area contributed by atoms with E-state index in [1.165, 1.54) is 12.1 Å². The van der Waals surface area contributed by atoms with Crippen molar-refractivity contribution in [3.05, 3.63) is 59.4 Å². The van der Waals surface area contributed by atoms with Gasteiger partial charge < -0.3 is 19.9 Å². The number of rotatable bonds is 9. The molecule has 0 aliphatic carbocycles. The molecule has 0 aromatic heterocycles. The van der Waals surface area contributed by atoms with Gasteiger partial charge in [-0.3, -0.25) is 0 Å². The van der Waals surface area contributed by atoms with Crippen LogP contribution in [0.4, 0.5) is 4.39 Å². The van der Waals surface area contributed by atoms with Crippen LogP contribution in [0.2, 0.25) is 0 Å². The third-order valence-electron chi connectivity index (χ3n) is 3.87. The van der Waals surface area contributed by atoms with Crippen molar-refractivity contribution in [2.75, 3.05) is 13.7 Å². The summed E-state index contributed by atoms with van der Waals surface area (Å²) in [6.07, 6.45) is 0.840. The summed E-state index contributed by atoms with van der Waals surface area (Å²) in [7, 11) is 1.60. The van der Waals surface area contributed by atoms with Crippen molar-refractivity contribution in [3.63, 3.8) is 0 Å². The fourth-order valence-corrected chi connectivity index (χ4v) is 2.35. The van der Waals surface area contributed by atoms with Gasteiger partial charge in [-0.25, -0.2) is 4.39 Å². The molecule has 0 unspecified atom stereocenters.